The lowest BCUT2D eigenvalue weighted by molar-refractivity contribution is -0.151. The number of hydrogen-bond donors (Lipinski definition) is 1. The minimum Gasteiger partial charge on any atom is -0.480 e. The molecule has 0 spiro atoms. The van der Waals surface area contributed by atoms with Crippen LogP contribution in [0, 0.1) is 0 Å². The van der Waals surface area contributed by atoms with E-state index in [-0.39, 0.29) is 25.6 Å². The van der Waals surface area contributed by atoms with Crippen LogP contribution in [0.4, 0.5) is 4.79 Å². The molecule has 0 aromatic heterocycles. The minimum atomic E-state index is -0.973. The van der Waals surface area contributed by atoms with Gasteiger partial charge in [-0.15, -0.1) is 0 Å². The minimum absolute atomic E-state index is 0.0464. The number of carboxylic acid groups (broad SMARTS) is 1. The number of rotatable bonds is 4. The Bertz CT molecular complexity index is 411. The standard InChI is InChI=1S/C12H18N2O5/c1-2-12(10(16)17)4-3-5-13(12)8-9(15)14-6-7-19-11(14)18/h2-8H2,1H3,(H,16,17). The van der Waals surface area contributed by atoms with Gasteiger partial charge in [-0.3, -0.25) is 14.5 Å². The van der Waals surface area contributed by atoms with Gasteiger partial charge >= 0.3 is 12.1 Å². The average Bonchev–Trinajstić information content (AvgIpc) is 2.95. The Morgan fingerprint density at radius 1 is 1.42 bits per heavy atom. The lowest BCUT2D eigenvalue weighted by Gasteiger charge is -2.33. The highest BCUT2D eigenvalue weighted by atomic mass is 16.6. The molecule has 7 heteroatoms. The van der Waals surface area contributed by atoms with E-state index in [2.05, 4.69) is 0 Å². The smallest absolute Gasteiger partial charge is 0.416 e. The summed E-state index contributed by atoms with van der Waals surface area (Å²) >= 11 is 0. The van der Waals surface area contributed by atoms with E-state index in [1.165, 1.54) is 0 Å². The first-order valence-electron chi connectivity index (χ1n) is 6.47. The van der Waals surface area contributed by atoms with Crippen LogP contribution in [0.2, 0.25) is 0 Å². The zero-order chi connectivity index (χ0) is 14.0. The molecule has 0 aromatic rings. The van der Waals surface area contributed by atoms with Gasteiger partial charge in [0.05, 0.1) is 13.1 Å². The van der Waals surface area contributed by atoms with Crippen molar-refractivity contribution in [2.75, 3.05) is 26.2 Å². The van der Waals surface area contributed by atoms with Crippen LogP contribution in [0.1, 0.15) is 26.2 Å². The Morgan fingerprint density at radius 3 is 2.68 bits per heavy atom. The highest BCUT2D eigenvalue weighted by Gasteiger charge is 2.47. The molecule has 0 aliphatic carbocycles. The summed E-state index contributed by atoms with van der Waals surface area (Å²) in [4.78, 5) is 37.5. The van der Waals surface area contributed by atoms with E-state index in [0.717, 1.165) is 11.3 Å². The first kappa shape index (κ1) is 13.8. The maximum absolute atomic E-state index is 12.0. The van der Waals surface area contributed by atoms with Crippen molar-refractivity contribution in [1.82, 2.24) is 9.80 Å². The monoisotopic (exact) mass is 270 g/mol. The van der Waals surface area contributed by atoms with Crippen LogP contribution in [-0.2, 0) is 14.3 Å². The highest BCUT2D eigenvalue weighted by Crippen LogP contribution is 2.32. The molecule has 2 amide bonds. The largest absolute Gasteiger partial charge is 0.480 e. The lowest BCUT2D eigenvalue weighted by Crippen LogP contribution is -2.53. The van der Waals surface area contributed by atoms with Crippen molar-refractivity contribution in [3.8, 4) is 0 Å². The van der Waals surface area contributed by atoms with Crippen molar-refractivity contribution in [3.05, 3.63) is 0 Å². The first-order chi connectivity index (χ1) is 9.01. The number of ether oxygens (including phenoxy) is 1. The van der Waals surface area contributed by atoms with E-state index in [0.29, 0.717) is 19.4 Å². The third-order valence-electron chi connectivity index (χ3n) is 3.99. The van der Waals surface area contributed by atoms with Gasteiger partial charge in [0, 0.05) is 0 Å². The Hall–Kier alpha value is -1.63. The van der Waals surface area contributed by atoms with Gasteiger partial charge in [-0.1, -0.05) is 6.92 Å². The third-order valence-corrected chi connectivity index (χ3v) is 3.99. The summed E-state index contributed by atoms with van der Waals surface area (Å²) < 4.78 is 4.71. The number of aliphatic carboxylic acids is 1. The van der Waals surface area contributed by atoms with Crippen LogP contribution >= 0.6 is 0 Å². The summed E-state index contributed by atoms with van der Waals surface area (Å²) in [7, 11) is 0. The van der Waals surface area contributed by atoms with Crippen LogP contribution in [0.3, 0.4) is 0 Å². The second-order valence-electron chi connectivity index (χ2n) is 4.88. The second kappa shape index (κ2) is 5.16. The number of cyclic esters (lactones) is 1. The number of likely N-dealkylation sites (tertiary alicyclic amines) is 1. The molecule has 1 unspecified atom stereocenters. The predicted octanol–water partition coefficient (Wildman–Crippen LogP) is 0.294. The molecule has 0 aromatic carbocycles. The van der Waals surface area contributed by atoms with Crippen molar-refractivity contribution in [1.29, 1.82) is 0 Å². The van der Waals surface area contributed by atoms with E-state index >= 15 is 0 Å². The number of carbonyl (C=O) groups is 3. The highest BCUT2D eigenvalue weighted by molar-refractivity contribution is 5.94. The van der Waals surface area contributed by atoms with Crippen LogP contribution in [0.25, 0.3) is 0 Å². The van der Waals surface area contributed by atoms with Gasteiger partial charge in [0.2, 0.25) is 5.91 Å². The predicted molar refractivity (Wildman–Crippen MR) is 64.5 cm³/mol. The second-order valence-corrected chi connectivity index (χ2v) is 4.88. The summed E-state index contributed by atoms with van der Waals surface area (Å²) in [5.74, 6) is -1.28. The summed E-state index contributed by atoms with van der Waals surface area (Å²) in [6.45, 7) is 2.78. The van der Waals surface area contributed by atoms with Gasteiger partial charge in [0.1, 0.15) is 12.1 Å². The Labute approximate surface area is 111 Å². The SMILES string of the molecule is CCC1(C(=O)O)CCCN1CC(=O)N1CCOC1=O. The van der Waals surface area contributed by atoms with Crippen molar-refractivity contribution in [3.63, 3.8) is 0 Å². The maximum atomic E-state index is 12.0. The molecule has 7 nitrogen and oxygen atoms in total. The molecule has 2 aliphatic heterocycles. The van der Waals surface area contributed by atoms with Crippen LogP contribution < -0.4 is 0 Å². The number of imide groups is 1. The van der Waals surface area contributed by atoms with Crippen LogP contribution in [0.5, 0.6) is 0 Å². The summed E-state index contributed by atoms with van der Waals surface area (Å²) in [5.41, 5.74) is -0.973. The fourth-order valence-corrected chi connectivity index (χ4v) is 2.83. The molecule has 19 heavy (non-hydrogen) atoms. The van der Waals surface area contributed by atoms with Crippen LogP contribution in [0.15, 0.2) is 0 Å². The first-order valence-corrected chi connectivity index (χ1v) is 6.47. The fourth-order valence-electron chi connectivity index (χ4n) is 2.83. The van der Waals surface area contributed by atoms with Gasteiger partial charge < -0.3 is 9.84 Å². The molecular formula is C12H18N2O5. The normalized spacial score (nSPS) is 27.6. The molecule has 0 radical (unpaired) electrons. The van der Waals surface area contributed by atoms with Crippen molar-refractivity contribution >= 4 is 18.0 Å². The van der Waals surface area contributed by atoms with Crippen LogP contribution in [-0.4, -0.2) is 64.7 Å². The summed E-state index contributed by atoms with van der Waals surface area (Å²) in [6.07, 6.45) is 1.09. The van der Waals surface area contributed by atoms with E-state index in [1.54, 1.807) is 11.8 Å². The molecule has 1 N–H and O–H groups in total. The number of carbonyl (C=O) groups excluding carboxylic acids is 2. The van der Waals surface area contributed by atoms with Gasteiger partial charge in [0.15, 0.2) is 0 Å². The zero-order valence-corrected chi connectivity index (χ0v) is 10.9. The molecule has 106 valence electrons. The van der Waals surface area contributed by atoms with Gasteiger partial charge in [0.25, 0.3) is 0 Å². The van der Waals surface area contributed by atoms with E-state index in [9.17, 15) is 19.5 Å². The molecule has 1 atom stereocenters. The van der Waals surface area contributed by atoms with Gasteiger partial charge in [-0.05, 0) is 25.8 Å². The fraction of sp³-hybridized carbons (Fsp3) is 0.750. The van der Waals surface area contributed by atoms with E-state index < -0.39 is 17.6 Å². The van der Waals surface area contributed by atoms with Crippen molar-refractivity contribution < 1.29 is 24.2 Å². The number of carboxylic acids is 1. The Balaban J connectivity index is 2.07. The molecular weight excluding hydrogens is 252 g/mol. The molecule has 0 bridgehead atoms. The number of nitrogens with zero attached hydrogens (tertiary/aromatic N) is 2. The lowest BCUT2D eigenvalue weighted by atomic mass is 9.93. The molecule has 2 saturated heterocycles. The van der Waals surface area contributed by atoms with Crippen molar-refractivity contribution in [2.24, 2.45) is 0 Å². The average molecular weight is 270 g/mol. The Kier molecular flexibility index (Phi) is 3.75. The summed E-state index contributed by atoms with van der Waals surface area (Å²) in [6, 6.07) is 0. The zero-order valence-electron chi connectivity index (χ0n) is 10.9. The molecule has 2 aliphatic rings. The van der Waals surface area contributed by atoms with Gasteiger partial charge in [-0.25, -0.2) is 9.69 Å². The van der Waals surface area contributed by atoms with E-state index in [1.807, 2.05) is 0 Å². The number of hydrogen-bond acceptors (Lipinski definition) is 5. The van der Waals surface area contributed by atoms with Crippen molar-refractivity contribution in [2.45, 2.75) is 31.7 Å². The molecule has 2 heterocycles. The van der Waals surface area contributed by atoms with E-state index in [4.69, 9.17) is 4.74 Å². The molecule has 2 fully saturated rings. The molecule has 2 rings (SSSR count). The Morgan fingerprint density at radius 2 is 2.16 bits per heavy atom. The third kappa shape index (κ3) is 2.30. The molecule has 0 saturated carbocycles. The maximum Gasteiger partial charge on any atom is 0.416 e. The van der Waals surface area contributed by atoms with Gasteiger partial charge in [-0.2, -0.15) is 0 Å². The quantitative estimate of drug-likeness (QED) is 0.790. The number of amides is 2. The topological polar surface area (TPSA) is 87.2 Å². The summed E-state index contributed by atoms with van der Waals surface area (Å²) in [5, 5.41) is 9.41.